The molecule has 24 heavy (non-hydrogen) atoms. The van der Waals surface area contributed by atoms with Crippen molar-refractivity contribution >= 4 is 17.2 Å². The van der Waals surface area contributed by atoms with Gasteiger partial charge in [0.2, 0.25) is 0 Å². The molecule has 6 heteroatoms. The van der Waals surface area contributed by atoms with E-state index in [1.54, 1.807) is 17.5 Å². The number of benzene rings is 1. The Hall–Kier alpha value is -2.47. The van der Waals surface area contributed by atoms with E-state index in [1.165, 1.54) is 0 Å². The lowest BCUT2D eigenvalue weighted by Gasteiger charge is -2.02. The van der Waals surface area contributed by atoms with Crippen LogP contribution in [-0.2, 0) is 19.4 Å². The number of carbonyl (C=O) groups is 1. The average Bonchev–Trinajstić information content (AvgIpc) is 3.29. The molecule has 5 nitrogen and oxygen atoms in total. The summed E-state index contributed by atoms with van der Waals surface area (Å²) in [5.74, 6) is 0.909. The van der Waals surface area contributed by atoms with Gasteiger partial charge >= 0.3 is 0 Å². The predicted octanol–water partition coefficient (Wildman–Crippen LogP) is 3.36. The van der Waals surface area contributed by atoms with Crippen LogP contribution < -0.4 is 5.32 Å². The van der Waals surface area contributed by atoms with Gasteiger partial charge in [0.1, 0.15) is 11.5 Å². The van der Waals surface area contributed by atoms with E-state index in [4.69, 9.17) is 0 Å². The summed E-state index contributed by atoms with van der Waals surface area (Å²) in [6.45, 7) is 0.523. The fourth-order valence-electron chi connectivity index (χ4n) is 2.40. The van der Waals surface area contributed by atoms with Gasteiger partial charge in [-0.05, 0) is 24.8 Å². The van der Waals surface area contributed by atoms with Crippen LogP contribution in [0.4, 0.5) is 0 Å². The molecule has 0 aliphatic carbocycles. The molecule has 1 aromatic carbocycles. The maximum atomic E-state index is 12.1. The molecule has 0 aliphatic heterocycles. The van der Waals surface area contributed by atoms with Crippen LogP contribution in [0.5, 0.6) is 0 Å². The molecule has 0 atom stereocenters. The highest BCUT2D eigenvalue weighted by atomic mass is 32.1. The summed E-state index contributed by atoms with van der Waals surface area (Å²) in [5, 5.41) is 5.76. The van der Waals surface area contributed by atoms with Crippen molar-refractivity contribution in [2.24, 2.45) is 0 Å². The number of aromatic nitrogens is 3. The van der Waals surface area contributed by atoms with Crippen LogP contribution >= 0.6 is 11.3 Å². The molecule has 0 fully saturated rings. The standard InChI is InChI=1S/C18H20N4OS/c23-18(21-12-14-6-2-1-3-7-14)15-13-24-17(22-15)9-5-4-8-16-19-10-11-20-16/h1-3,6-7,10-11,13H,4-5,8-9,12H2,(H,19,20)(H,21,23). The molecule has 3 rings (SSSR count). The van der Waals surface area contributed by atoms with Crippen molar-refractivity contribution in [1.82, 2.24) is 20.3 Å². The zero-order valence-electron chi connectivity index (χ0n) is 13.4. The highest BCUT2D eigenvalue weighted by molar-refractivity contribution is 7.09. The summed E-state index contributed by atoms with van der Waals surface area (Å²) in [6, 6.07) is 9.87. The third-order valence-electron chi connectivity index (χ3n) is 3.69. The Morgan fingerprint density at radius 1 is 1.17 bits per heavy atom. The number of carbonyl (C=O) groups excluding carboxylic acids is 1. The predicted molar refractivity (Wildman–Crippen MR) is 95.0 cm³/mol. The van der Waals surface area contributed by atoms with Crippen LogP contribution in [0.2, 0.25) is 0 Å². The van der Waals surface area contributed by atoms with Gasteiger partial charge in [0.25, 0.3) is 5.91 Å². The first-order valence-electron chi connectivity index (χ1n) is 8.06. The molecule has 0 saturated carbocycles. The first kappa shape index (κ1) is 16.4. The third kappa shape index (κ3) is 4.76. The van der Waals surface area contributed by atoms with E-state index in [9.17, 15) is 4.79 Å². The number of hydrogen-bond donors (Lipinski definition) is 2. The van der Waals surface area contributed by atoms with Crippen LogP contribution in [-0.4, -0.2) is 20.9 Å². The fraction of sp³-hybridized carbons (Fsp3) is 0.278. The fourth-order valence-corrected chi connectivity index (χ4v) is 3.22. The zero-order chi connectivity index (χ0) is 16.6. The summed E-state index contributed by atoms with van der Waals surface area (Å²) in [6.07, 6.45) is 7.56. The van der Waals surface area contributed by atoms with Crippen molar-refractivity contribution in [3.8, 4) is 0 Å². The molecule has 2 N–H and O–H groups in total. The van der Waals surface area contributed by atoms with Gasteiger partial charge in [0, 0.05) is 30.7 Å². The monoisotopic (exact) mass is 340 g/mol. The van der Waals surface area contributed by atoms with E-state index in [0.717, 1.165) is 42.1 Å². The number of H-pyrrole nitrogens is 1. The first-order chi connectivity index (χ1) is 11.8. The van der Waals surface area contributed by atoms with Crippen LogP contribution in [0.1, 0.15) is 39.7 Å². The van der Waals surface area contributed by atoms with Crippen molar-refractivity contribution in [3.63, 3.8) is 0 Å². The van der Waals surface area contributed by atoms with Crippen molar-refractivity contribution in [2.75, 3.05) is 0 Å². The Kier molecular flexibility index (Phi) is 5.74. The normalized spacial score (nSPS) is 10.7. The van der Waals surface area contributed by atoms with E-state index in [2.05, 4.69) is 20.3 Å². The number of amides is 1. The van der Waals surface area contributed by atoms with Crippen molar-refractivity contribution in [3.05, 3.63) is 70.2 Å². The molecule has 124 valence electrons. The number of rotatable bonds is 8. The lowest BCUT2D eigenvalue weighted by molar-refractivity contribution is 0.0946. The minimum absolute atomic E-state index is 0.114. The zero-order valence-corrected chi connectivity index (χ0v) is 14.2. The Balaban J connectivity index is 1.41. The Bertz CT molecular complexity index is 752. The largest absolute Gasteiger partial charge is 0.349 e. The van der Waals surface area contributed by atoms with Crippen LogP contribution in [0.25, 0.3) is 0 Å². The maximum Gasteiger partial charge on any atom is 0.271 e. The maximum absolute atomic E-state index is 12.1. The lowest BCUT2D eigenvalue weighted by Crippen LogP contribution is -2.23. The molecular formula is C18H20N4OS. The van der Waals surface area contributed by atoms with E-state index >= 15 is 0 Å². The minimum Gasteiger partial charge on any atom is -0.349 e. The number of nitrogens with zero attached hydrogens (tertiary/aromatic N) is 2. The number of unbranched alkanes of at least 4 members (excludes halogenated alkanes) is 1. The quantitative estimate of drug-likeness (QED) is 0.618. The molecule has 0 spiro atoms. The minimum atomic E-state index is -0.114. The SMILES string of the molecule is O=C(NCc1ccccc1)c1csc(CCCCc2ncc[nH]2)n1. The molecule has 2 aromatic heterocycles. The number of imidazole rings is 1. The van der Waals surface area contributed by atoms with E-state index in [-0.39, 0.29) is 5.91 Å². The van der Waals surface area contributed by atoms with Crippen molar-refractivity contribution in [2.45, 2.75) is 32.2 Å². The first-order valence-corrected chi connectivity index (χ1v) is 8.94. The van der Waals surface area contributed by atoms with Gasteiger partial charge in [0.05, 0.1) is 5.01 Å². The molecule has 0 unspecified atom stereocenters. The number of hydrogen-bond acceptors (Lipinski definition) is 4. The smallest absolute Gasteiger partial charge is 0.271 e. The van der Waals surface area contributed by atoms with E-state index in [0.29, 0.717) is 12.2 Å². The molecule has 2 heterocycles. The van der Waals surface area contributed by atoms with Gasteiger partial charge in [-0.1, -0.05) is 30.3 Å². The van der Waals surface area contributed by atoms with E-state index < -0.39 is 0 Å². The topological polar surface area (TPSA) is 70.7 Å². The van der Waals surface area contributed by atoms with Crippen molar-refractivity contribution in [1.29, 1.82) is 0 Å². The second-order valence-corrected chi connectivity index (χ2v) is 6.48. The van der Waals surface area contributed by atoms with Gasteiger partial charge in [-0.15, -0.1) is 11.3 Å². The molecule has 0 saturated heterocycles. The number of aryl methyl sites for hydroxylation is 2. The van der Waals surface area contributed by atoms with Gasteiger partial charge in [-0.2, -0.15) is 0 Å². The highest BCUT2D eigenvalue weighted by Gasteiger charge is 2.10. The Morgan fingerprint density at radius 2 is 2.00 bits per heavy atom. The van der Waals surface area contributed by atoms with Gasteiger partial charge < -0.3 is 10.3 Å². The van der Waals surface area contributed by atoms with Gasteiger partial charge in [-0.25, -0.2) is 9.97 Å². The van der Waals surface area contributed by atoms with Crippen LogP contribution in [0, 0.1) is 0 Å². The van der Waals surface area contributed by atoms with Crippen molar-refractivity contribution < 1.29 is 4.79 Å². The van der Waals surface area contributed by atoms with Gasteiger partial charge in [-0.3, -0.25) is 4.79 Å². The molecule has 1 amide bonds. The molecule has 0 radical (unpaired) electrons. The summed E-state index contributed by atoms with van der Waals surface area (Å²) < 4.78 is 0. The molecule has 3 aromatic rings. The van der Waals surface area contributed by atoms with Crippen LogP contribution in [0.3, 0.4) is 0 Å². The number of thiazole rings is 1. The number of nitrogens with one attached hydrogen (secondary N) is 2. The lowest BCUT2D eigenvalue weighted by atomic mass is 10.2. The van der Waals surface area contributed by atoms with Crippen LogP contribution in [0.15, 0.2) is 48.1 Å². The summed E-state index contributed by atoms with van der Waals surface area (Å²) in [5.41, 5.74) is 1.59. The molecule has 0 bridgehead atoms. The third-order valence-corrected chi connectivity index (χ3v) is 4.60. The number of aromatic amines is 1. The second kappa shape index (κ2) is 8.40. The van der Waals surface area contributed by atoms with E-state index in [1.807, 2.05) is 41.9 Å². The summed E-state index contributed by atoms with van der Waals surface area (Å²) in [4.78, 5) is 23.9. The second-order valence-electron chi connectivity index (χ2n) is 5.54. The Labute approximate surface area is 145 Å². The average molecular weight is 340 g/mol. The summed E-state index contributed by atoms with van der Waals surface area (Å²) in [7, 11) is 0. The molecule has 0 aliphatic rings. The molecular weight excluding hydrogens is 320 g/mol. The Morgan fingerprint density at radius 3 is 2.79 bits per heavy atom. The highest BCUT2D eigenvalue weighted by Crippen LogP contribution is 2.13. The van der Waals surface area contributed by atoms with Gasteiger partial charge in [0.15, 0.2) is 0 Å². The summed E-state index contributed by atoms with van der Waals surface area (Å²) >= 11 is 1.55.